The van der Waals surface area contributed by atoms with Crippen LogP contribution in [0.15, 0.2) is 34.7 Å². The number of nitrogens with zero attached hydrogens (tertiary/aromatic N) is 1. The molecule has 6 nitrogen and oxygen atoms in total. The second kappa shape index (κ2) is 8.97. The quantitative estimate of drug-likeness (QED) is 0.818. The van der Waals surface area contributed by atoms with E-state index in [2.05, 4.69) is 5.32 Å². The molecular formula is C21H28ClN3O3. The number of carbonyl (C=O) groups is 2. The van der Waals surface area contributed by atoms with Gasteiger partial charge >= 0.3 is 0 Å². The molecule has 1 aromatic heterocycles. The van der Waals surface area contributed by atoms with Crippen molar-refractivity contribution in [2.75, 3.05) is 13.1 Å². The SMILES string of the molecule is Cl.N[C@@H]1CCC[C@H]1CC(=O)N1CCCC(NC(=O)c2cc3ccccc3o2)C1. The topological polar surface area (TPSA) is 88.6 Å². The van der Waals surface area contributed by atoms with Crippen molar-refractivity contribution in [2.24, 2.45) is 11.7 Å². The van der Waals surface area contributed by atoms with Crippen molar-refractivity contribution in [1.29, 1.82) is 0 Å². The van der Waals surface area contributed by atoms with E-state index in [1.807, 2.05) is 29.2 Å². The Morgan fingerprint density at radius 1 is 1.18 bits per heavy atom. The zero-order valence-electron chi connectivity index (χ0n) is 15.9. The highest BCUT2D eigenvalue weighted by atomic mass is 35.5. The van der Waals surface area contributed by atoms with Gasteiger partial charge in [-0.1, -0.05) is 24.6 Å². The van der Waals surface area contributed by atoms with E-state index in [4.69, 9.17) is 10.2 Å². The van der Waals surface area contributed by atoms with E-state index in [1.165, 1.54) is 0 Å². The lowest BCUT2D eigenvalue weighted by atomic mass is 9.98. The second-order valence-corrected chi connectivity index (χ2v) is 7.86. The smallest absolute Gasteiger partial charge is 0.287 e. The van der Waals surface area contributed by atoms with Crippen LogP contribution in [0.2, 0.25) is 0 Å². The van der Waals surface area contributed by atoms with Gasteiger partial charge in [0.1, 0.15) is 5.58 Å². The number of likely N-dealkylation sites (tertiary alicyclic amines) is 1. The highest BCUT2D eigenvalue weighted by Crippen LogP contribution is 2.28. The third-order valence-corrected chi connectivity index (χ3v) is 5.91. The highest BCUT2D eigenvalue weighted by molar-refractivity contribution is 5.96. The van der Waals surface area contributed by atoms with E-state index in [-0.39, 0.29) is 36.3 Å². The number of hydrogen-bond donors (Lipinski definition) is 2. The fraction of sp³-hybridized carbons (Fsp3) is 0.524. The van der Waals surface area contributed by atoms with Crippen LogP contribution in [0.3, 0.4) is 0 Å². The molecule has 3 atom stereocenters. The minimum absolute atomic E-state index is 0. The van der Waals surface area contributed by atoms with Gasteiger partial charge in [0.25, 0.3) is 5.91 Å². The van der Waals surface area contributed by atoms with Gasteiger partial charge in [0.05, 0.1) is 0 Å². The molecule has 3 N–H and O–H groups in total. The molecular weight excluding hydrogens is 378 g/mol. The summed E-state index contributed by atoms with van der Waals surface area (Å²) >= 11 is 0. The van der Waals surface area contributed by atoms with Gasteiger partial charge in [-0.25, -0.2) is 0 Å². The summed E-state index contributed by atoms with van der Waals surface area (Å²) in [5.41, 5.74) is 6.81. The predicted octanol–water partition coefficient (Wildman–Crippen LogP) is 3.09. The molecule has 0 radical (unpaired) electrons. The van der Waals surface area contributed by atoms with E-state index >= 15 is 0 Å². The normalized spacial score (nSPS) is 24.8. The molecule has 2 amide bonds. The average molecular weight is 406 g/mol. The van der Waals surface area contributed by atoms with Crippen LogP contribution in [-0.4, -0.2) is 41.9 Å². The number of para-hydroxylation sites is 1. The molecule has 1 aliphatic carbocycles. The number of halogens is 1. The van der Waals surface area contributed by atoms with Gasteiger partial charge < -0.3 is 20.4 Å². The first-order valence-corrected chi connectivity index (χ1v) is 9.93. The van der Waals surface area contributed by atoms with Crippen molar-refractivity contribution >= 4 is 35.2 Å². The Kier molecular flexibility index (Phi) is 6.62. The van der Waals surface area contributed by atoms with Crippen molar-refractivity contribution in [1.82, 2.24) is 10.2 Å². The third kappa shape index (κ3) is 4.50. The Morgan fingerprint density at radius 2 is 2.00 bits per heavy atom. The minimum Gasteiger partial charge on any atom is -0.451 e. The molecule has 2 fully saturated rings. The van der Waals surface area contributed by atoms with Gasteiger partial charge in [-0.15, -0.1) is 12.4 Å². The number of rotatable bonds is 4. The number of nitrogens with two attached hydrogens (primary N) is 1. The summed E-state index contributed by atoms with van der Waals surface area (Å²) in [6.07, 6.45) is 5.49. The molecule has 0 bridgehead atoms. The Morgan fingerprint density at radius 3 is 2.75 bits per heavy atom. The molecule has 1 aliphatic heterocycles. The van der Waals surface area contributed by atoms with Crippen molar-refractivity contribution < 1.29 is 14.0 Å². The lowest BCUT2D eigenvalue weighted by Gasteiger charge is -2.34. The molecule has 1 saturated carbocycles. The molecule has 1 aromatic carbocycles. The van der Waals surface area contributed by atoms with Crippen LogP contribution in [0.25, 0.3) is 11.0 Å². The first-order chi connectivity index (χ1) is 13.1. The van der Waals surface area contributed by atoms with E-state index in [0.717, 1.165) is 44.0 Å². The van der Waals surface area contributed by atoms with Crippen LogP contribution in [0.5, 0.6) is 0 Å². The number of fused-ring (bicyclic) bond motifs is 1. The molecule has 2 heterocycles. The number of amides is 2. The molecule has 152 valence electrons. The zero-order valence-corrected chi connectivity index (χ0v) is 16.7. The maximum absolute atomic E-state index is 12.7. The van der Waals surface area contributed by atoms with E-state index in [0.29, 0.717) is 30.2 Å². The number of hydrogen-bond acceptors (Lipinski definition) is 4. The van der Waals surface area contributed by atoms with Crippen LogP contribution in [0, 0.1) is 5.92 Å². The summed E-state index contributed by atoms with van der Waals surface area (Å²) < 4.78 is 5.64. The second-order valence-electron chi connectivity index (χ2n) is 7.86. The first kappa shape index (κ1) is 20.7. The van der Waals surface area contributed by atoms with E-state index in [9.17, 15) is 9.59 Å². The lowest BCUT2D eigenvalue weighted by molar-refractivity contribution is -0.133. The summed E-state index contributed by atoms with van der Waals surface area (Å²) in [5.74, 6) is 0.572. The van der Waals surface area contributed by atoms with Crippen molar-refractivity contribution in [3.05, 3.63) is 36.1 Å². The summed E-state index contributed by atoms with van der Waals surface area (Å²) in [5, 5.41) is 3.95. The molecule has 2 aliphatic rings. The predicted molar refractivity (Wildman–Crippen MR) is 110 cm³/mol. The highest BCUT2D eigenvalue weighted by Gasteiger charge is 2.30. The minimum atomic E-state index is -0.219. The van der Waals surface area contributed by atoms with Gasteiger partial charge in [0, 0.05) is 37.0 Å². The van der Waals surface area contributed by atoms with Crippen molar-refractivity contribution in [3.63, 3.8) is 0 Å². The van der Waals surface area contributed by atoms with Gasteiger partial charge in [0.2, 0.25) is 5.91 Å². The number of benzene rings is 1. The summed E-state index contributed by atoms with van der Waals surface area (Å²) in [6, 6.07) is 9.45. The molecule has 7 heteroatoms. The molecule has 2 aromatic rings. The largest absolute Gasteiger partial charge is 0.451 e. The lowest BCUT2D eigenvalue weighted by Crippen LogP contribution is -2.50. The van der Waals surface area contributed by atoms with E-state index in [1.54, 1.807) is 6.07 Å². The number of furan rings is 1. The third-order valence-electron chi connectivity index (χ3n) is 5.91. The Bertz CT molecular complexity index is 804. The first-order valence-electron chi connectivity index (χ1n) is 9.93. The molecule has 1 unspecified atom stereocenters. The van der Waals surface area contributed by atoms with Gasteiger partial charge in [-0.2, -0.15) is 0 Å². The molecule has 28 heavy (non-hydrogen) atoms. The van der Waals surface area contributed by atoms with E-state index < -0.39 is 0 Å². The molecule has 0 spiro atoms. The fourth-order valence-electron chi connectivity index (χ4n) is 4.34. The van der Waals surface area contributed by atoms with Crippen molar-refractivity contribution in [3.8, 4) is 0 Å². The number of carbonyl (C=O) groups excluding carboxylic acids is 2. The number of nitrogens with one attached hydrogen (secondary N) is 1. The van der Waals surface area contributed by atoms with Crippen LogP contribution in [-0.2, 0) is 4.79 Å². The van der Waals surface area contributed by atoms with Gasteiger partial charge in [0.15, 0.2) is 5.76 Å². The summed E-state index contributed by atoms with van der Waals surface area (Å²) in [4.78, 5) is 27.1. The average Bonchev–Trinajstić information content (AvgIpc) is 3.28. The van der Waals surface area contributed by atoms with Crippen LogP contribution >= 0.6 is 12.4 Å². The summed E-state index contributed by atoms with van der Waals surface area (Å²) in [7, 11) is 0. The molecule has 1 saturated heterocycles. The Labute approximate surface area is 171 Å². The Hall–Kier alpha value is -2.05. The van der Waals surface area contributed by atoms with Crippen LogP contribution in [0.1, 0.15) is 49.1 Å². The Balaban J connectivity index is 0.00000225. The fourth-order valence-corrected chi connectivity index (χ4v) is 4.34. The number of piperidine rings is 1. The van der Waals surface area contributed by atoms with Crippen molar-refractivity contribution in [2.45, 2.75) is 50.6 Å². The maximum Gasteiger partial charge on any atom is 0.287 e. The van der Waals surface area contributed by atoms with Gasteiger partial charge in [-0.3, -0.25) is 9.59 Å². The zero-order chi connectivity index (χ0) is 18.8. The summed E-state index contributed by atoms with van der Waals surface area (Å²) in [6.45, 7) is 1.32. The van der Waals surface area contributed by atoms with Crippen LogP contribution in [0.4, 0.5) is 0 Å². The standard InChI is InChI=1S/C21H27N3O3.ClH/c22-17-8-3-6-14(17)12-20(25)24-10-4-7-16(13-24)23-21(26)19-11-15-5-1-2-9-18(15)27-19;/h1-2,5,9,11,14,16-17H,3-4,6-8,10,12-13,22H2,(H,23,26);1H/t14-,16?,17+;/m0./s1. The molecule has 4 rings (SSSR count). The monoisotopic (exact) mass is 405 g/mol. The maximum atomic E-state index is 12.7. The van der Waals surface area contributed by atoms with Crippen LogP contribution < -0.4 is 11.1 Å². The van der Waals surface area contributed by atoms with Gasteiger partial charge in [-0.05, 0) is 43.7 Å².